The molecule has 6 heteroatoms. The Bertz CT molecular complexity index is 1100. The van der Waals surface area contributed by atoms with Crippen molar-refractivity contribution in [3.05, 3.63) is 53.1 Å². The van der Waals surface area contributed by atoms with Crippen LogP contribution in [0.4, 0.5) is 5.69 Å². The van der Waals surface area contributed by atoms with Gasteiger partial charge in [-0.1, -0.05) is 30.3 Å². The molecule has 0 aliphatic carbocycles. The van der Waals surface area contributed by atoms with E-state index >= 15 is 0 Å². The number of fused-ring (bicyclic) bond motifs is 4. The second-order valence-electron chi connectivity index (χ2n) is 9.08. The number of benzene rings is 2. The molecule has 0 amide bonds. The van der Waals surface area contributed by atoms with Crippen molar-refractivity contribution in [3.8, 4) is 5.75 Å². The van der Waals surface area contributed by atoms with Gasteiger partial charge in [0.1, 0.15) is 5.75 Å². The molecule has 0 bridgehead atoms. The number of aryl methyl sites for hydroxylation is 1. The second kappa shape index (κ2) is 6.99. The number of ether oxygens (including phenoxy) is 1. The van der Waals surface area contributed by atoms with Crippen LogP contribution in [0.2, 0.25) is 0 Å². The third kappa shape index (κ3) is 2.88. The lowest BCUT2D eigenvalue weighted by Gasteiger charge is -2.40. The molecule has 0 N–H and O–H groups in total. The van der Waals surface area contributed by atoms with Gasteiger partial charge < -0.3 is 14.5 Å². The molecule has 0 aromatic heterocycles. The Morgan fingerprint density at radius 2 is 2.00 bits per heavy atom. The van der Waals surface area contributed by atoms with E-state index in [1.807, 2.05) is 6.07 Å². The fraction of sp³-hybridized carbons (Fsp3) is 0.500. The largest absolute Gasteiger partial charge is 0.493 e. The highest BCUT2D eigenvalue weighted by atomic mass is 32.2. The first-order valence-electron chi connectivity index (χ1n) is 11.2. The first-order chi connectivity index (χ1) is 14.6. The van der Waals surface area contributed by atoms with Gasteiger partial charge in [0.25, 0.3) is 0 Å². The van der Waals surface area contributed by atoms with E-state index in [9.17, 15) is 8.42 Å². The number of para-hydroxylation sites is 2. The molecule has 158 valence electrons. The summed E-state index contributed by atoms with van der Waals surface area (Å²) >= 11 is 0. The van der Waals surface area contributed by atoms with Crippen molar-refractivity contribution in [2.45, 2.75) is 42.5 Å². The highest BCUT2D eigenvalue weighted by molar-refractivity contribution is 7.91. The van der Waals surface area contributed by atoms with Crippen LogP contribution >= 0.6 is 0 Å². The summed E-state index contributed by atoms with van der Waals surface area (Å²) in [6, 6.07) is 12.9. The lowest BCUT2D eigenvalue weighted by molar-refractivity contribution is 0.192. The van der Waals surface area contributed by atoms with Crippen molar-refractivity contribution in [1.82, 2.24) is 4.90 Å². The van der Waals surface area contributed by atoms with Gasteiger partial charge in [-0.2, -0.15) is 0 Å². The summed E-state index contributed by atoms with van der Waals surface area (Å²) in [4.78, 5) is 5.54. The minimum absolute atomic E-state index is 0.250. The van der Waals surface area contributed by atoms with E-state index < -0.39 is 9.84 Å². The molecule has 0 spiro atoms. The van der Waals surface area contributed by atoms with Crippen LogP contribution < -0.4 is 9.64 Å². The summed E-state index contributed by atoms with van der Waals surface area (Å²) in [5, 5.41) is 0. The van der Waals surface area contributed by atoms with Gasteiger partial charge >= 0.3 is 0 Å². The minimum atomic E-state index is -3.13. The van der Waals surface area contributed by atoms with E-state index in [2.05, 4.69) is 34.1 Å². The molecule has 2 atom stereocenters. The van der Waals surface area contributed by atoms with Crippen LogP contribution in [0.15, 0.2) is 41.3 Å². The number of hydrogen-bond acceptors (Lipinski definition) is 5. The average molecular weight is 425 g/mol. The Kier molecular flexibility index (Phi) is 4.36. The SMILES string of the molecule is O=S1(=O)CCN2c3c(cccc31)C1CN(CCCc3cccc4c3OCC4)CCC12. The Morgan fingerprint density at radius 3 is 2.93 bits per heavy atom. The molecule has 5 nitrogen and oxygen atoms in total. The zero-order valence-corrected chi connectivity index (χ0v) is 18.0. The van der Waals surface area contributed by atoms with Gasteiger partial charge in [0.05, 0.1) is 22.9 Å². The van der Waals surface area contributed by atoms with E-state index in [1.165, 1.54) is 16.7 Å². The quantitative estimate of drug-likeness (QED) is 0.755. The van der Waals surface area contributed by atoms with Crippen molar-refractivity contribution >= 4 is 15.5 Å². The van der Waals surface area contributed by atoms with E-state index in [-0.39, 0.29) is 5.75 Å². The molecule has 4 aliphatic rings. The maximum Gasteiger partial charge on any atom is 0.182 e. The first-order valence-corrected chi connectivity index (χ1v) is 12.9. The molecular weight excluding hydrogens is 396 g/mol. The Balaban J connectivity index is 1.16. The topological polar surface area (TPSA) is 49.9 Å². The van der Waals surface area contributed by atoms with Gasteiger partial charge in [-0.3, -0.25) is 0 Å². The van der Waals surface area contributed by atoms with Crippen LogP contribution in [-0.2, 0) is 22.7 Å². The molecule has 2 aromatic rings. The van der Waals surface area contributed by atoms with Crippen LogP contribution in [0.1, 0.15) is 35.4 Å². The third-order valence-electron chi connectivity index (χ3n) is 7.43. The van der Waals surface area contributed by atoms with Crippen LogP contribution in [-0.4, -0.2) is 57.9 Å². The van der Waals surface area contributed by atoms with E-state index in [0.717, 1.165) is 63.4 Å². The number of anilines is 1. The van der Waals surface area contributed by atoms with Gasteiger partial charge in [-0.15, -0.1) is 0 Å². The predicted octanol–water partition coefficient (Wildman–Crippen LogP) is 3.02. The maximum atomic E-state index is 12.6. The number of rotatable bonds is 4. The number of piperidine rings is 1. The number of nitrogens with zero attached hydrogens (tertiary/aromatic N) is 2. The van der Waals surface area contributed by atoms with Crippen molar-refractivity contribution < 1.29 is 13.2 Å². The molecule has 4 heterocycles. The maximum absolute atomic E-state index is 12.6. The molecule has 6 rings (SSSR count). The Labute approximate surface area is 178 Å². The Morgan fingerprint density at radius 1 is 1.10 bits per heavy atom. The van der Waals surface area contributed by atoms with E-state index in [0.29, 0.717) is 23.4 Å². The number of likely N-dealkylation sites (tertiary alicyclic amines) is 1. The smallest absolute Gasteiger partial charge is 0.182 e. The predicted molar refractivity (Wildman–Crippen MR) is 117 cm³/mol. The first kappa shape index (κ1) is 18.7. The minimum Gasteiger partial charge on any atom is -0.493 e. The highest BCUT2D eigenvalue weighted by Crippen LogP contribution is 2.49. The summed E-state index contributed by atoms with van der Waals surface area (Å²) in [6.07, 6.45) is 4.33. The zero-order chi connectivity index (χ0) is 20.3. The molecule has 0 saturated carbocycles. The lowest BCUT2D eigenvalue weighted by atomic mass is 9.89. The monoisotopic (exact) mass is 424 g/mol. The number of sulfone groups is 1. The molecule has 1 fully saturated rings. The summed E-state index contributed by atoms with van der Waals surface area (Å²) in [5.41, 5.74) is 4.96. The Hall–Kier alpha value is -2.05. The van der Waals surface area contributed by atoms with Gasteiger partial charge in [0.15, 0.2) is 9.84 Å². The third-order valence-corrected chi connectivity index (χ3v) is 9.15. The second-order valence-corrected chi connectivity index (χ2v) is 11.2. The highest BCUT2D eigenvalue weighted by Gasteiger charge is 2.46. The van der Waals surface area contributed by atoms with Crippen molar-refractivity contribution in [2.75, 3.05) is 43.4 Å². The van der Waals surface area contributed by atoms with Crippen molar-refractivity contribution in [3.63, 3.8) is 0 Å². The fourth-order valence-electron chi connectivity index (χ4n) is 6.03. The van der Waals surface area contributed by atoms with Gasteiger partial charge in [-0.25, -0.2) is 8.42 Å². The normalized spacial score (nSPS) is 26.1. The van der Waals surface area contributed by atoms with E-state index in [4.69, 9.17) is 4.74 Å². The van der Waals surface area contributed by atoms with Crippen molar-refractivity contribution in [1.29, 1.82) is 0 Å². The summed E-state index contributed by atoms with van der Waals surface area (Å²) in [6.45, 7) is 4.67. The molecule has 0 radical (unpaired) electrons. The van der Waals surface area contributed by atoms with Gasteiger partial charge in [0, 0.05) is 38.0 Å². The molecule has 30 heavy (non-hydrogen) atoms. The standard InChI is InChI=1S/C24H28N2O3S/c27-30(28)15-13-26-21-9-12-25(16-20(21)19-7-2-8-22(30)23(19)26)11-3-6-17-4-1-5-18-10-14-29-24(17)18/h1-2,4-5,7-8,20-21H,3,6,9-16H2. The lowest BCUT2D eigenvalue weighted by Crippen LogP contribution is -2.48. The molecule has 4 aliphatic heterocycles. The van der Waals surface area contributed by atoms with Crippen LogP contribution in [0.25, 0.3) is 0 Å². The van der Waals surface area contributed by atoms with Crippen molar-refractivity contribution in [2.24, 2.45) is 0 Å². The van der Waals surface area contributed by atoms with Crippen LogP contribution in [0.5, 0.6) is 5.75 Å². The average Bonchev–Trinajstić information content (AvgIpc) is 3.35. The van der Waals surface area contributed by atoms with Gasteiger partial charge in [0.2, 0.25) is 0 Å². The summed E-state index contributed by atoms with van der Waals surface area (Å²) in [5.74, 6) is 1.80. The van der Waals surface area contributed by atoms with Crippen LogP contribution in [0.3, 0.4) is 0 Å². The molecule has 2 unspecified atom stereocenters. The molecule has 1 saturated heterocycles. The number of hydrogen-bond donors (Lipinski definition) is 0. The fourth-order valence-corrected chi connectivity index (χ4v) is 7.50. The zero-order valence-electron chi connectivity index (χ0n) is 17.2. The van der Waals surface area contributed by atoms with Gasteiger partial charge in [-0.05, 0) is 48.6 Å². The summed E-state index contributed by atoms with van der Waals surface area (Å²) in [7, 11) is -3.13. The summed E-state index contributed by atoms with van der Waals surface area (Å²) < 4.78 is 31.0. The van der Waals surface area contributed by atoms with Crippen LogP contribution in [0, 0.1) is 0 Å². The van der Waals surface area contributed by atoms with E-state index in [1.54, 1.807) is 6.07 Å². The molecule has 2 aromatic carbocycles. The molecular formula is C24H28N2O3S.